The first kappa shape index (κ1) is 13.5. The zero-order valence-electron chi connectivity index (χ0n) is 12.3. The van der Waals surface area contributed by atoms with Crippen LogP contribution < -0.4 is 10.1 Å². The lowest BCUT2D eigenvalue weighted by Gasteiger charge is -2.06. The van der Waals surface area contributed by atoms with Crippen LogP contribution in [0.3, 0.4) is 0 Å². The number of hydrogen-bond donors (Lipinski definition) is 1. The third-order valence-corrected chi connectivity index (χ3v) is 3.58. The van der Waals surface area contributed by atoms with Gasteiger partial charge in [-0.05, 0) is 37.3 Å². The highest BCUT2D eigenvalue weighted by atomic mass is 16.5. The monoisotopic (exact) mass is 281 g/mol. The standard InChI is InChI=1S/C17H19N3O/c1-3-20-17-7-5-4-6-15(17)16(19-20)12-18-13-8-10-14(21-2)11-9-13/h4-11,18H,3,12H2,1-2H3. The Morgan fingerprint density at radius 3 is 2.57 bits per heavy atom. The molecule has 1 N–H and O–H groups in total. The van der Waals surface area contributed by atoms with E-state index in [2.05, 4.69) is 41.6 Å². The lowest BCUT2D eigenvalue weighted by atomic mass is 10.2. The molecule has 0 aliphatic carbocycles. The Balaban J connectivity index is 1.81. The average molecular weight is 281 g/mol. The summed E-state index contributed by atoms with van der Waals surface area (Å²) in [5.41, 5.74) is 3.32. The van der Waals surface area contributed by atoms with Crippen molar-refractivity contribution in [3.63, 3.8) is 0 Å². The lowest BCUT2D eigenvalue weighted by Crippen LogP contribution is -2.02. The van der Waals surface area contributed by atoms with Gasteiger partial charge in [0, 0.05) is 17.6 Å². The van der Waals surface area contributed by atoms with Crippen molar-refractivity contribution in [3.05, 3.63) is 54.2 Å². The largest absolute Gasteiger partial charge is 0.497 e. The molecule has 4 nitrogen and oxygen atoms in total. The molecule has 1 aromatic heterocycles. The Morgan fingerprint density at radius 2 is 1.86 bits per heavy atom. The second-order valence-corrected chi connectivity index (χ2v) is 4.86. The number of anilines is 1. The molecule has 1 heterocycles. The quantitative estimate of drug-likeness (QED) is 0.775. The van der Waals surface area contributed by atoms with Gasteiger partial charge in [0.15, 0.2) is 0 Å². The van der Waals surface area contributed by atoms with Crippen LogP contribution in [0.15, 0.2) is 48.5 Å². The topological polar surface area (TPSA) is 39.1 Å². The van der Waals surface area contributed by atoms with Crippen molar-refractivity contribution in [1.29, 1.82) is 0 Å². The van der Waals surface area contributed by atoms with Gasteiger partial charge in [-0.25, -0.2) is 0 Å². The van der Waals surface area contributed by atoms with Crippen LogP contribution in [0.1, 0.15) is 12.6 Å². The second-order valence-electron chi connectivity index (χ2n) is 4.86. The summed E-state index contributed by atoms with van der Waals surface area (Å²) in [6.45, 7) is 3.70. The van der Waals surface area contributed by atoms with Crippen molar-refractivity contribution in [3.8, 4) is 5.75 Å². The predicted octanol–water partition coefficient (Wildman–Crippen LogP) is 3.68. The van der Waals surface area contributed by atoms with Crippen molar-refractivity contribution in [2.24, 2.45) is 0 Å². The molecule has 3 aromatic rings. The summed E-state index contributed by atoms with van der Waals surface area (Å²) in [4.78, 5) is 0. The third-order valence-electron chi connectivity index (χ3n) is 3.58. The Kier molecular flexibility index (Phi) is 3.77. The summed E-state index contributed by atoms with van der Waals surface area (Å²) in [5, 5.41) is 9.31. The number of para-hydroxylation sites is 1. The minimum absolute atomic E-state index is 0.708. The number of nitrogens with zero attached hydrogens (tertiary/aromatic N) is 2. The molecule has 0 saturated carbocycles. The Hall–Kier alpha value is -2.49. The molecule has 0 radical (unpaired) electrons. The molecular weight excluding hydrogens is 262 g/mol. The Labute approximate surface area is 124 Å². The van der Waals surface area contributed by atoms with Crippen LogP contribution in [-0.2, 0) is 13.1 Å². The first-order chi connectivity index (χ1) is 10.3. The number of nitrogens with one attached hydrogen (secondary N) is 1. The number of benzene rings is 2. The number of hydrogen-bond acceptors (Lipinski definition) is 3. The van der Waals surface area contributed by atoms with Gasteiger partial charge in [0.25, 0.3) is 0 Å². The number of fused-ring (bicyclic) bond motifs is 1. The summed E-state index contributed by atoms with van der Waals surface area (Å²) in [7, 11) is 1.67. The molecule has 0 fully saturated rings. The van der Waals surface area contributed by atoms with Crippen molar-refractivity contribution in [2.45, 2.75) is 20.0 Å². The number of aromatic nitrogens is 2. The van der Waals surface area contributed by atoms with Crippen LogP contribution in [0, 0.1) is 0 Å². The van der Waals surface area contributed by atoms with Gasteiger partial charge < -0.3 is 10.1 Å². The van der Waals surface area contributed by atoms with Gasteiger partial charge in [-0.1, -0.05) is 18.2 Å². The van der Waals surface area contributed by atoms with E-state index in [9.17, 15) is 0 Å². The van der Waals surface area contributed by atoms with Gasteiger partial charge in [-0.3, -0.25) is 4.68 Å². The Bertz CT molecular complexity index is 731. The van der Waals surface area contributed by atoms with Crippen LogP contribution in [0.2, 0.25) is 0 Å². The molecule has 0 bridgehead atoms. The molecule has 21 heavy (non-hydrogen) atoms. The molecule has 0 unspecified atom stereocenters. The van der Waals surface area contributed by atoms with Crippen LogP contribution in [0.5, 0.6) is 5.75 Å². The molecular formula is C17H19N3O. The SMILES string of the molecule is CCn1nc(CNc2ccc(OC)cc2)c2ccccc21. The van der Waals surface area contributed by atoms with E-state index in [0.29, 0.717) is 6.54 Å². The normalized spacial score (nSPS) is 10.8. The van der Waals surface area contributed by atoms with Gasteiger partial charge in [0.1, 0.15) is 5.75 Å². The van der Waals surface area contributed by atoms with Gasteiger partial charge in [0.2, 0.25) is 0 Å². The van der Waals surface area contributed by atoms with Crippen LogP contribution in [0.25, 0.3) is 10.9 Å². The number of methoxy groups -OCH3 is 1. The smallest absolute Gasteiger partial charge is 0.119 e. The summed E-state index contributed by atoms with van der Waals surface area (Å²) >= 11 is 0. The summed E-state index contributed by atoms with van der Waals surface area (Å²) < 4.78 is 7.21. The van der Waals surface area contributed by atoms with E-state index in [0.717, 1.165) is 23.7 Å². The fourth-order valence-corrected chi connectivity index (χ4v) is 2.46. The molecule has 0 aliphatic rings. The van der Waals surface area contributed by atoms with Gasteiger partial charge >= 0.3 is 0 Å². The maximum atomic E-state index is 5.16. The molecule has 0 saturated heterocycles. The van der Waals surface area contributed by atoms with E-state index >= 15 is 0 Å². The first-order valence-corrected chi connectivity index (χ1v) is 7.14. The fraction of sp³-hybridized carbons (Fsp3) is 0.235. The van der Waals surface area contributed by atoms with E-state index in [1.54, 1.807) is 7.11 Å². The van der Waals surface area contributed by atoms with Crippen molar-refractivity contribution in [2.75, 3.05) is 12.4 Å². The highest BCUT2D eigenvalue weighted by Gasteiger charge is 2.08. The van der Waals surface area contributed by atoms with Crippen LogP contribution in [0.4, 0.5) is 5.69 Å². The maximum absolute atomic E-state index is 5.16. The highest BCUT2D eigenvalue weighted by Crippen LogP contribution is 2.20. The van der Waals surface area contributed by atoms with E-state index in [-0.39, 0.29) is 0 Å². The van der Waals surface area contributed by atoms with Crippen LogP contribution >= 0.6 is 0 Å². The summed E-state index contributed by atoms with van der Waals surface area (Å²) in [6, 6.07) is 16.3. The molecule has 3 rings (SSSR count). The van der Waals surface area contributed by atoms with E-state index < -0.39 is 0 Å². The molecule has 2 aromatic carbocycles. The number of ether oxygens (including phenoxy) is 1. The predicted molar refractivity (Wildman–Crippen MR) is 85.7 cm³/mol. The zero-order valence-corrected chi connectivity index (χ0v) is 12.3. The minimum atomic E-state index is 0.708. The molecule has 0 aliphatic heterocycles. The zero-order chi connectivity index (χ0) is 14.7. The molecule has 0 amide bonds. The van der Waals surface area contributed by atoms with E-state index in [1.807, 2.05) is 28.9 Å². The van der Waals surface area contributed by atoms with E-state index in [4.69, 9.17) is 4.74 Å². The Morgan fingerprint density at radius 1 is 1.10 bits per heavy atom. The molecule has 4 heteroatoms. The third kappa shape index (κ3) is 2.70. The lowest BCUT2D eigenvalue weighted by molar-refractivity contribution is 0.415. The molecule has 0 spiro atoms. The van der Waals surface area contributed by atoms with E-state index in [1.165, 1.54) is 10.9 Å². The second kappa shape index (κ2) is 5.87. The summed E-state index contributed by atoms with van der Waals surface area (Å²) in [5.74, 6) is 0.862. The fourth-order valence-electron chi connectivity index (χ4n) is 2.46. The average Bonchev–Trinajstić information content (AvgIpc) is 2.91. The van der Waals surface area contributed by atoms with Gasteiger partial charge in [-0.2, -0.15) is 5.10 Å². The van der Waals surface area contributed by atoms with Crippen molar-refractivity contribution < 1.29 is 4.74 Å². The number of aryl methyl sites for hydroxylation is 1. The summed E-state index contributed by atoms with van der Waals surface area (Å²) in [6.07, 6.45) is 0. The molecule has 0 atom stereocenters. The first-order valence-electron chi connectivity index (χ1n) is 7.14. The minimum Gasteiger partial charge on any atom is -0.497 e. The van der Waals surface area contributed by atoms with Crippen molar-refractivity contribution in [1.82, 2.24) is 9.78 Å². The van der Waals surface area contributed by atoms with Crippen LogP contribution in [-0.4, -0.2) is 16.9 Å². The van der Waals surface area contributed by atoms with Gasteiger partial charge in [0.05, 0.1) is 24.9 Å². The van der Waals surface area contributed by atoms with Crippen molar-refractivity contribution >= 4 is 16.6 Å². The highest BCUT2D eigenvalue weighted by molar-refractivity contribution is 5.82. The molecule has 108 valence electrons. The van der Waals surface area contributed by atoms with Gasteiger partial charge in [-0.15, -0.1) is 0 Å². The maximum Gasteiger partial charge on any atom is 0.119 e. The number of rotatable bonds is 5.